The zero-order chi connectivity index (χ0) is 34.1. The fourth-order valence-electron chi connectivity index (χ4n) is 5.63. The molecule has 5 aromatic rings. The van der Waals surface area contributed by atoms with Crippen molar-refractivity contribution in [3.05, 3.63) is 102 Å². The lowest BCUT2D eigenvalue weighted by atomic mass is 10.0. The van der Waals surface area contributed by atoms with Gasteiger partial charge < -0.3 is 15.0 Å². The monoisotopic (exact) mass is 686 g/mol. The lowest BCUT2D eigenvalue weighted by molar-refractivity contribution is 0.0635. The number of amides is 2. The second-order valence-electron chi connectivity index (χ2n) is 12.5. The Balaban J connectivity index is 1.19. The molecule has 0 saturated carbocycles. The highest BCUT2D eigenvalue weighted by molar-refractivity contribution is 7.90. The first-order chi connectivity index (χ1) is 22.9. The van der Waals surface area contributed by atoms with Gasteiger partial charge in [-0.3, -0.25) is 10.1 Å². The molecule has 3 heterocycles. The third-order valence-electron chi connectivity index (χ3n) is 7.80. The zero-order valence-electron chi connectivity index (χ0n) is 26.7. The van der Waals surface area contributed by atoms with Crippen LogP contribution in [0, 0.1) is 0 Å². The molecule has 11 nitrogen and oxygen atoms in total. The highest BCUT2D eigenvalue weighted by Gasteiger charge is 2.27. The van der Waals surface area contributed by atoms with Crippen molar-refractivity contribution in [2.75, 3.05) is 23.7 Å². The summed E-state index contributed by atoms with van der Waals surface area (Å²) in [6.07, 6.45) is 4.02. The fourth-order valence-corrected chi connectivity index (χ4v) is 7.21. The Labute approximate surface area is 284 Å². The van der Waals surface area contributed by atoms with Gasteiger partial charge in [0.15, 0.2) is 0 Å². The minimum Gasteiger partial charge on any atom is -0.444 e. The molecule has 1 saturated heterocycles. The number of rotatable bonds is 7. The molecule has 13 heteroatoms. The number of nitrogens with one attached hydrogen (secondary N) is 2. The van der Waals surface area contributed by atoms with Gasteiger partial charge >= 0.3 is 6.09 Å². The van der Waals surface area contributed by atoms with E-state index in [1.165, 1.54) is 10.2 Å². The van der Waals surface area contributed by atoms with Crippen molar-refractivity contribution in [2.24, 2.45) is 0 Å². The number of anilines is 2. The number of halogens is 1. The minimum absolute atomic E-state index is 0.129. The van der Waals surface area contributed by atoms with Crippen molar-refractivity contribution in [2.45, 2.75) is 50.2 Å². The van der Waals surface area contributed by atoms with Crippen molar-refractivity contribution < 1.29 is 22.7 Å². The molecule has 3 aromatic carbocycles. The molecular weight excluding hydrogens is 652 g/mol. The minimum atomic E-state index is -3.90. The molecule has 2 N–H and O–H groups in total. The number of hydrogen-bond donors (Lipinski definition) is 2. The molecule has 1 aliphatic heterocycles. The summed E-state index contributed by atoms with van der Waals surface area (Å²) >= 11 is 6.62. The number of hydrogen-bond acceptors (Lipinski definition) is 8. The fraction of sp³-hybridized carbons (Fsp3) is 0.257. The zero-order valence-corrected chi connectivity index (χ0v) is 28.3. The predicted octanol–water partition coefficient (Wildman–Crippen LogP) is 7.05. The van der Waals surface area contributed by atoms with Crippen LogP contribution >= 0.6 is 11.6 Å². The number of carbonyl (C=O) groups excluding carboxylic acids is 2. The summed E-state index contributed by atoms with van der Waals surface area (Å²) in [5.74, 6) is 0.185. The van der Waals surface area contributed by atoms with Crippen LogP contribution in [0.5, 0.6) is 0 Å². The molecule has 6 rings (SSSR count). The predicted molar refractivity (Wildman–Crippen MR) is 186 cm³/mol. The van der Waals surface area contributed by atoms with E-state index in [1.54, 1.807) is 98.6 Å². The van der Waals surface area contributed by atoms with Gasteiger partial charge in [0.05, 0.1) is 27.3 Å². The van der Waals surface area contributed by atoms with Gasteiger partial charge in [-0.15, -0.1) is 0 Å². The maximum absolute atomic E-state index is 13.6. The summed E-state index contributed by atoms with van der Waals surface area (Å²) in [6, 6.07) is 22.0. The highest BCUT2D eigenvalue weighted by Crippen LogP contribution is 2.36. The molecule has 1 atom stereocenters. The molecule has 1 fully saturated rings. The summed E-state index contributed by atoms with van der Waals surface area (Å²) in [7, 11) is -3.90. The molecule has 0 bridgehead atoms. The van der Waals surface area contributed by atoms with Crippen LogP contribution in [-0.4, -0.2) is 64.0 Å². The number of nitrogens with zero attached hydrogens (tertiary/aromatic N) is 4. The molecule has 2 amide bonds. The first kappa shape index (κ1) is 33.0. The van der Waals surface area contributed by atoms with Gasteiger partial charge in [0.1, 0.15) is 5.60 Å². The number of ether oxygens (including phenoxy) is 1. The standard InChI is InChI=1S/C35H35ClN6O5S/c1-35(2,3)47-34(44)39-24-17-15-23(16-18-24)32(43)41-19-9-10-25(21-41)38-33-37-20-29(36)31(40-33)28-22-42(30-14-8-7-13-27(28)30)48(45,46)26-11-5-4-6-12-26/h4-8,11-18,20,22,25H,9-10,19,21H2,1-3H3,(H,39,44)(H,37,38,40). The Kier molecular flexibility index (Phi) is 9.13. The van der Waals surface area contributed by atoms with Crippen LogP contribution < -0.4 is 10.6 Å². The van der Waals surface area contributed by atoms with Crippen molar-refractivity contribution in [3.63, 3.8) is 0 Å². The van der Waals surface area contributed by atoms with E-state index in [4.69, 9.17) is 21.3 Å². The summed E-state index contributed by atoms with van der Waals surface area (Å²) < 4.78 is 33.8. The number of benzene rings is 3. The smallest absolute Gasteiger partial charge is 0.412 e. The second kappa shape index (κ2) is 13.3. The average Bonchev–Trinajstić information content (AvgIpc) is 3.46. The number of carbonyl (C=O) groups is 2. The first-order valence-electron chi connectivity index (χ1n) is 15.5. The van der Waals surface area contributed by atoms with Crippen LogP contribution in [-0.2, 0) is 14.8 Å². The quantitative estimate of drug-likeness (QED) is 0.186. The molecule has 2 aromatic heterocycles. The van der Waals surface area contributed by atoms with Gasteiger partial charge in [-0.1, -0.05) is 48.0 Å². The summed E-state index contributed by atoms with van der Waals surface area (Å²) in [5, 5.41) is 6.97. The number of piperidine rings is 1. The SMILES string of the molecule is CC(C)(C)OC(=O)Nc1ccc(C(=O)N2CCCC(Nc3ncc(Cl)c(-c4cn(S(=O)(=O)c5ccccc5)c5ccccc45)n3)C2)cc1. The number of aromatic nitrogens is 3. The van der Waals surface area contributed by atoms with E-state index < -0.39 is 21.7 Å². The third-order valence-corrected chi connectivity index (χ3v) is 9.76. The van der Waals surface area contributed by atoms with Gasteiger partial charge in [0.25, 0.3) is 15.9 Å². The molecule has 1 unspecified atom stereocenters. The molecule has 1 aliphatic rings. The molecule has 0 aliphatic carbocycles. The normalized spacial score (nSPS) is 15.2. The van der Waals surface area contributed by atoms with Crippen molar-refractivity contribution in [1.82, 2.24) is 18.8 Å². The highest BCUT2D eigenvalue weighted by atomic mass is 35.5. The molecule has 0 spiro atoms. The van der Waals surface area contributed by atoms with E-state index in [2.05, 4.69) is 15.6 Å². The van der Waals surface area contributed by atoms with E-state index in [0.717, 1.165) is 12.8 Å². The van der Waals surface area contributed by atoms with Crippen LogP contribution in [0.25, 0.3) is 22.2 Å². The van der Waals surface area contributed by atoms with Gasteiger partial charge in [-0.05, 0) is 76.1 Å². The Morgan fingerprint density at radius 2 is 1.69 bits per heavy atom. The van der Waals surface area contributed by atoms with Gasteiger partial charge in [0, 0.05) is 47.5 Å². The largest absolute Gasteiger partial charge is 0.444 e. The lowest BCUT2D eigenvalue weighted by Crippen LogP contribution is -2.45. The molecule has 0 radical (unpaired) electrons. The second-order valence-corrected chi connectivity index (χ2v) is 14.7. The van der Waals surface area contributed by atoms with Crippen LogP contribution in [0.4, 0.5) is 16.4 Å². The van der Waals surface area contributed by atoms with E-state index in [9.17, 15) is 18.0 Å². The Bertz CT molecular complexity index is 2080. The van der Waals surface area contributed by atoms with Crippen molar-refractivity contribution in [1.29, 1.82) is 0 Å². The maximum atomic E-state index is 13.6. The van der Waals surface area contributed by atoms with E-state index >= 15 is 0 Å². The summed E-state index contributed by atoms with van der Waals surface area (Å²) in [5.41, 5.74) is 1.83. The van der Waals surface area contributed by atoms with Crippen LogP contribution in [0.3, 0.4) is 0 Å². The van der Waals surface area contributed by atoms with E-state index in [-0.39, 0.29) is 21.9 Å². The van der Waals surface area contributed by atoms with Crippen molar-refractivity contribution >= 4 is 56.2 Å². The Hall–Kier alpha value is -4.94. The third kappa shape index (κ3) is 7.14. The van der Waals surface area contributed by atoms with Crippen LogP contribution in [0.2, 0.25) is 5.02 Å². The molecule has 48 heavy (non-hydrogen) atoms. The van der Waals surface area contributed by atoms with Gasteiger partial charge in [-0.25, -0.2) is 27.2 Å². The van der Waals surface area contributed by atoms with E-state index in [0.29, 0.717) is 52.4 Å². The summed E-state index contributed by atoms with van der Waals surface area (Å²) in [4.78, 5) is 36.6. The lowest BCUT2D eigenvalue weighted by Gasteiger charge is -2.33. The molecular formula is C35H35ClN6O5S. The number of para-hydroxylation sites is 1. The van der Waals surface area contributed by atoms with Crippen LogP contribution in [0.1, 0.15) is 44.0 Å². The summed E-state index contributed by atoms with van der Waals surface area (Å²) in [6.45, 7) is 6.38. The first-order valence-corrected chi connectivity index (χ1v) is 17.3. The van der Waals surface area contributed by atoms with Gasteiger partial charge in [-0.2, -0.15) is 0 Å². The average molecular weight is 687 g/mol. The van der Waals surface area contributed by atoms with Crippen LogP contribution in [0.15, 0.2) is 96.2 Å². The molecule has 248 valence electrons. The van der Waals surface area contributed by atoms with Crippen molar-refractivity contribution in [3.8, 4) is 11.3 Å². The maximum Gasteiger partial charge on any atom is 0.412 e. The van der Waals surface area contributed by atoms with Gasteiger partial charge in [0.2, 0.25) is 5.95 Å². The Morgan fingerprint density at radius 1 is 0.979 bits per heavy atom. The van der Waals surface area contributed by atoms with E-state index in [1.807, 2.05) is 12.1 Å². The topological polar surface area (TPSA) is 136 Å². The number of likely N-dealkylation sites (tertiary alicyclic amines) is 1. The number of fused-ring (bicyclic) bond motifs is 1. The Morgan fingerprint density at radius 3 is 2.42 bits per heavy atom.